The molecule has 2 unspecified atom stereocenters. The van der Waals surface area contributed by atoms with Crippen molar-refractivity contribution in [2.24, 2.45) is 0 Å². The molecule has 0 radical (unpaired) electrons. The highest BCUT2D eigenvalue weighted by molar-refractivity contribution is 5.80. The van der Waals surface area contributed by atoms with Gasteiger partial charge in [-0.05, 0) is 35.6 Å². The van der Waals surface area contributed by atoms with Crippen molar-refractivity contribution in [3.8, 4) is 17.1 Å². The summed E-state index contributed by atoms with van der Waals surface area (Å²) < 4.78 is 10.8. The summed E-state index contributed by atoms with van der Waals surface area (Å²) in [4.78, 5) is 19.2. The summed E-state index contributed by atoms with van der Waals surface area (Å²) in [5.74, 6) is 1.89. The minimum atomic E-state index is -0.0942. The van der Waals surface area contributed by atoms with E-state index in [1.54, 1.807) is 7.11 Å². The maximum Gasteiger partial charge on any atom is 0.232 e. The van der Waals surface area contributed by atoms with Gasteiger partial charge in [-0.1, -0.05) is 62.3 Å². The molecule has 0 saturated carbocycles. The van der Waals surface area contributed by atoms with Crippen LogP contribution in [-0.4, -0.2) is 34.6 Å². The lowest BCUT2D eigenvalue weighted by atomic mass is 9.87. The number of methoxy groups -OCH3 is 1. The Morgan fingerprint density at radius 1 is 1.10 bits per heavy atom. The molecule has 1 fully saturated rings. The van der Waals surface area contributed by atoms with Gasteiger partial charge in [0.25, 0.3) is 0 Å². The molecular weight excluding hydrogens is 390 g/mol. The Balaban J connectivity index is 1.47. The molecule has 1 amide bonds. The number of hydrogen-bond donors (Lipinski definition) is 0. The molecular formula is C25H29N3O3. The first-order valence-corrected chi connectivity index (χ1v) is 10.6. The maximum absolute atomic E-state index is 12.7. The van der Waals surface area contributed by atoms with E-state index < -0.39 is 0 Å². The van der Waals surface area contributed by atoms with Gasteiger partial charge in [-0.2, -0.15) is 4.98 Å². The summed E-state index contributed by atoms with van der Waals surface area (Å²) in [6.45, 7) is 9.16. The van der Waals surface area contributed by atoms with Gasteiger partial charge in [0.05, 0.1) is 19.1 Å². The molecule has 3 aromatic rings. The summed E-state index contributed by atoms with van der Waals surface area (Å²) in [5.41, 5.74) is 3.33. The molecule has 1 aromatic heterocycles. The number of ether oxygens (including phenoxy) is 1. The van der Waals surface area contributed by atoms with Gasteiger partial charge >= 0.3 is 0 Å². The number of carbonyl (C=O) groups is 1. The Morgan fingerprint density at radius 2 is 1.77 bits per heavy atom. The van der Waals surface area contributed by atoms with Gasteiger partial charge in [-0.15, -0.1) is 0 Å². The van der Waals surface area contributed by atoms with Gasteiger partial charge in [-0.25, -0.2) is 0 Å². The third-order valence-electron chi connectivity index (χ3n) is 6.02. The van der Waals surface area contributed by atoms with E-state index in [-0.39, 0.29) is 23.3 Å². The van der Waals surface area contributed by atoms with E-state index in [0.29, 0.717) is 24.7 Å². The van der Waals surface area contributed by atoms with Gasteiger partial charge < -0.3 is 14.2 Å². The van der Waals surface area contributed by atoms with E-state index in [1.165, 1.54) is 5.56 Å². The fourth-order valence-electron chi connectivity index (χ4n) is 3.97. The molecule has 162 valence electrons. The molecule has 2 heterocycles. The van der Waals surface area contributed by atoms with Crippen molar-refractivity contribution in [2.45, 2.75) is 51.5 Å². The van der Waals surface area contributed by atoms with E-state index >= 15 is 0 Å². The second-order valence-electron chi connectivity index (χ2n) is 9.18. The molecule has 0 spiro atoms. The lowest BCUT2D eigenvalue weighted by molar-refractivity contribution is -0.129. The zero-order chi connectivity index (χ0) is 22.2. The molecule has 31 heavy (non-hydrogen) atoms. The topological polar surface area (TPSA) is 68.5 Å². The molecule has 2 atom stereocenters. The maximum atomic E-state index is 12.7. The van der Waals surface area contributed by atoms with Crippen LogP contribution in [0.3, 0.4) is 0 Å². The third-order valence-corrected chi connectivity index (χ3v) is 6.02. The SMILES string of the molecule is COc1ccc(C(C)N2CC(c3nc(-c4ccc(C(C)(C)C)cc4)no3)CC2=O)cc1. The van der Waals surface area contributed by atoms with Crippen LogP contribution in [0.5, 0.6) is 5.75 Å². The van der Waals surface area contributed by atoms with Crippen LogP contribution >= 0.6 is 0 Å². The molecule has 0 N–H and O–H groups in total. The average Bonchev–Trinajstić information content (AvgIpc) is 3.40. The summed E-state index contributed by atoms with van der Waals surface area (Å²) >= 11 is 0. The van der Waals surface area contributed by atoms with Crippen molar-refractivity contribution < 1.29 is 14.1 Å². The smallest absolute Gasteiger partial charge is 0.232 e. The minimum Gasteiger partial charge on any atom is -0.497 e. The highest BCUT2D eigenvalue weighted by Crippen LogP contribution is 2.34. The first-order valence-electron chi connectivity index (χ1n) is 10.6. The number of benzene rings is 2. The zero-order valence-corrected chi connectivity index (χ0v) is 18.8. The fourth-order valence-corrected chi connectivity index (χ4v) is 3.97. The number of aromatic nitrogens is 2. The second-order valence-corrected chi connectivity index (χ2v) is 9.18. The Morgan fingerprint density at radius 3 is 2.39 bits per heavy atom. The standard InChI is InChI=1S/C25H29N3O3/c1-16(17-8-12-21(30-5)13-9-17)28-15-19(14-22(28)29)24-26-23(27-31-24)18-6-10-20(11-7-18)25(2,3)4/h6-13,16,19H,14-15H2,1-5H3. The van der Waals surface area contributed by atoms with Crippen molar-refractivity contribution in [1.29, 1.82) is 0 Å². The van der Waals surface area contributed by atoms with Crippen LogP contribution in [0.25, 0.3) is 11.4 Å². The molecule has 2 aromatic carbocycles. The molecule has 1 aliphatic rings. The van der Waals surface area contributed by atoms with Crippen molar-refractivity contribution in [2.75, 3.05) is 13.7 Å². The van der Waals surface area contributed by atoms with Crippen LogP contribution < -0.4 is 4.74 Å². The first-order chi connectivity index (χ1) is 14.8. The zero-order valence-electron chi connectivity index (χ0n) is 18.8. The quantitative estimate of drug-likeness (QED) is 0.574. The highest BCUT2D eigenvalue weighted by Gasteiger charge is 2.37. The predicted octanol–water partition coefficient (Wildman–Crippen LogP) is 5.12. The Kier molecular flexibility index (Phi) is 5.56. The van der Waals surface area contributed by atoms with Crippen LogP contribution in [0.2, 0.25) is 0 Å². The van der Waals surface area contributed by atoms with E-state index in [2.05, 4.69) is 43.0 Å². The van der Waals surface area contributed by atoms with Gasteiger partial charge in [-0.3, -0.25) is 4.79 Å². The monoisotopic (exact) mass is 419 g/mol. The van der Waals surface area contributed by atoms with Crippen LogP contribution in [0.1, 0.15) is 63.1 Å². The summed E-state index contributed by atoms with van der Waals surface area (Å²) in [6, 6.07) is 16.0. The Hall–Kier alpha value is -3.15. The van der Waals surface area contributed by atoms with Crippen LogP contribution in [0.15, 0.2) is 53.1 Å². The van der Waals surface area contributed by atoms with Gasteiger partial charge in [0.2, 0.25) is 17.6 Å². The second kappa shape index (κ2) is 8.17. The Bertz CT molecular complexity index is 1050. The summed E-state index contributed by atoms with van der Waals surface area (Å²) in [5, 5.41) is 4.17. The molecule has 1 saturated heterocycles. The lowest BCUT2D eigenvalue weighted by Gasteiger charge is -2.25. The minimum absolute atomic E-state index is 0.0317. The molecule has 6 heteroatoms. The van der Waals surface area contributed by atoms with Crippen LogP contribution in [-0.2, 0) is 10.2 Å². The van der Waals surface area contributed by atoms with Crippen LogP contribution in [0, 0.1) is 0 Å². The number of nitrogens with zero attached hydrogens (tertiary/aromatic N) is 3. The first kappa shape index (κ1) is 21.1. The number of amides is 1. The fraction of sp³-hybridized carbons (Fsp3) is 0.400. The number of rotatable bonds is 5. The molecule has 0 aliphatic carbocycles. The molecule has 1 aliphatic heterocycles. The van der Waals surface area contributed by atoms with Crippen molar-refractivity contribution in [3.63, 3.8) is 0 Å². The average molecular weight is 420 g/mol. The van der Waals surface area contributed by atoms with Crippen molar-refractivity contribution >= 4 is 5.91 Å². The number of hydrogen-bond acceptors (Lipinski definition) is 5. The van der Waals surface area contributed by atoms with E-state index in [9.17, 15) is 4.79 Å². The van der Waals surface area contributed by atoms with E-state index in [4.69, 9.17) is 9.26 Å². The van der Waals surface area contributed by atoms with Crippen LogP contribution in [0.4, 0.5) is 0 Å². The highest BCUT2D eigenvalue weighted by atomic mass is 16.5. The number of carbonyl (C=O) groups excluding carboxylic acids is 1. The van der Waals surface area contributed by atoms with Crippen molar-refractivity contribution in [1.82, 2.24) is 15.0 Å². The van der Waals surface area contributed by atoms with E-state index in [1.807, 2.05) is 48.2 Å². The summed E-state index contributed by atoms with van der Waals surface area (Å²) in [7, 11) is 1.64. The van der Waals surface area contributed by atoms with Gasteiger partial charge in [0.15, 0.2) is 0 Å². The third kappa shape index (κ3) is 4.33. The van der Waals surface area contributed by atoms with Gasteiger partial charge in [0.1, 0.15) is 5.75 Å². The summed E-state index contributed by atoms with van der Waals surface area (Å²) in [6.07, 6.45) is 0.380. The largest absolute Gasteiger partial charge is 0.497 e. The molecule has 4 rings (SSSR count). The Labute approximate surface area is 183 Å². The lowest BCUT2D eigenvalue weighted by Crippen LogP contribution is -2.28. The predicted molar refractivity (Wildman–Crippen MR) is 119 cm³/mol. The molecule has 6 nitrogen and oxygen atoms in total. The van der Waals surface area contributed by atoms with Gasteiger partial charge in [0, 0.05) is 18.5 Å². The van der Waals surface area contributed by atoms with Crippen molar-refractivity contribution in [3.05, 3.63) is 65.5 Å². The molecule has 0 bridgehead atoms. The number of likely N-dealkylation sites (tertiary alicyclic amines) is 1. The normalized spacial score (nSPS) is 17.8. The van der Waals surface area contributed by atoms with E-state index in [0.717, 1.165) is 16.9 Å².